The largest absolute Gasteiger partial charge is 0.490 e. The zero-order valence-electron chi connectivity index (χ0n) is 22.7. The third kappa shape index (κ3) is 8.57. The molecule has 1 amide bonds. The maximum atomic E-state index is 12.6. The second kappa shape index (κ2) is 13.8. The lowest BCUT2D eigenvalue weighted by Gasteiger charge is -2.22. The Kier molecular flexibility index (Phi) is 10.00. The number of ether oxygens (including phenoxy) is 2. The number of carbonyl (C=O) groups excluding carboxylic acids is 1. The molecule has 0 saturated carbocycles. The van der Waals surface area contributed by atoms with Gasteiger partial charge in [-0.25, -0.2) is 13.8 Å². The zero-order valence-corrected chi connectivity index (χ0v) is 24.2. The first-order valence-electron chi connectivity index (χ1n) is 12.8. The van der Waals surface area contributed by atoms with Crippen LogP contribution in [0.4, 0.5) is 5.69 Å². The van der Waals surface area contributed by atoms with E-state index in [-0.39, 0.29) is 6.54 Å². The van der Waals surface area contributed by atoms with Crippen LogP contribution in [0.5, 0.6) is 11.5 Å². The van der Waals surface area contributed by atoms with Gasteiger partial charge < -0.3 is 9.47 Å². The first kappa shape index (κ1) is 29.6. The maximum Gasteiger partial charge on any atom is 0.271 e. The van der Waals surface area contributed by atoms with Gasteiger partial charge in [0.15, 0.2) is 11.5 Å². The highest BCUT2D eigenvalue weighted by atomic mass is 35.5. The van der Waals surface area contributed by atoms with Crippen molar-refractivity contribution in [1.29, 1.82) is 0 Å². The standard InChI is InChI=1S/C31H30ClN3O5S/c1-3-39-30-19-25(13-18-29(30)40-22-24-11-16-27(32)17-12-24)20-33-34-31(36)26-14-9-23(10-15-26)21-35(41(2,37)38)28-7-5-4-6-8-28/h4-20H,3,21-22H2,1-2H3,(H,34,36)/b33-20-. The van der Waals surface area contributed by atoms with E-state index in [0.29, 0.717) is 46.5 Å². The van der Waals surface area contributed by atoms with Crippen molar-refractivity contribution in [2.75, 3.05) is 17.2 Å². The molecule has 0 spiro atoms. The maximum absolute atomic E-state index is 12.6. The molecule has 10 heteroatoms. The third-order valence-electron chi connectivity index (χ3n) is 5.94. The fourth-order valence-electron chi connectivity index (χ4n) is 3.89. The highest BCUT2D eigenvalue weighted by Gasteiger charge is 2.18. The van der Waals surface area contributed by atoms with Gasteiger partial charge in [-0.3, -0.25) is 9.10 Å². The Morgan fingerprint density at radius 2 is 1.59 bits per heavy atom. The molecule has 0 aliphatic carbocycles. The molecule has 0 aliphatic heterocycles. The lowest BCUT2D eigenvalue weighted by molar-refractivity contribution is 0.0955. The van der Waals surface area contributed by atoms with Crippen LogP contribution in [-0.2, 0) is 23.2 Å². The number of hydrogen-bond acceptors (Lipinski definition) is 6. The average molecular weight is 592 g/mol. The summed E-state index contributed by atoms with van der Waals surface area (Å²) in [5.41, 5.74) is 5.90. The Balaban J connectivity index is 1.37. The monoisotopic (exact) mass is 591 g/mol. The third-order valence-corrected chi connectivity index (χ3v) is 7.33. The molecule has 8 nitrogen and oxygen atoms in total. The van der Waals surface area contributed by atoms with Gasteiger partial charge in [-0.2, -0.15) is 5.10 Å². The number of hydrazone groups is 1. The zero-order chi connectivity index (χ0) is 29.2. The van der Waals surface area contributed by atoms with Gasteiger partial charge in [-0.05, 0) is 78.2 Å². The molecule has 0 fully saturated rings. The van der Waals surface area contributed by atoms with E-state index in [2.05, 4.69) is 10.5 Å². The van der Waals surface area contributed by atoms with Crippen LogP contribution in [-0.4, -0.2) is 33.4 Å². The first-order valence-corrected chi connectivity index (χ1v) is 15.0. The van der Waals surface area contributed by atoms with E-state index >= 15 is 0 Å². The van der Waals surface area contributed by atoms with Crippen molar-refractivity contribution in [3.05, 3.63) is 124 Å². The molecule has 0 unspecified atom stereocenters. The Labute approximate surface area is 245 Å². The lowest BCUT2D eigenvalue weighted by Crippen LogP contribution is -2.29. The fraction of sp³-hybridized carbons (Fsp3) is 0.161. The van der Waals surface area contributed by atoms with Crippen LogP contribution in [0.15, 0.2) is 102 Å². The van der Waals surface area contributed by atoms with E-state index < -0.39 is 15.9 Å². The predicted octanol–water partition coefficient (Wildman–Crippen LogP) is 6.05. The summed E-state index contributed by atoms with van der Waals surface area (Å²) in [6, 6.07) is 28.4. The van der Waals surface area contributed by atoms with Crippen molar-refractivity contribution in [2.24, 2.45) is 5.10 Å². The minimum absolute atomic E-state index is 0.143. The number of nitrogens with one attached hydrogen (secondary N) is 1. The van der Waals surface area contributed by atoms with Crippen LogP contribution in [0, 0.1) is 0 Å². The second-order valence-electron chi connectivity index (χ2n) is 9.06. The summed E-state index contributed by atoms with van der Waals surface area (Å²) in [4.78, 5) is 12.6. The van der Waals surface area contributed by atoms with Gasteiger partial charge in [0.25, 0.3) is 5.91 Å². The van der Waals surface area contributed by atoms with Crippen LogP contribution in [0.2, 0.25) is 5.02 Å². The summed E-state index contributed by atoms with van der Waals surface area (Å²) in [6.45, 7) is 2.84. The second-order valence-corrected chi connectivity index (χ2v) is 11.4. The van der Waals surface area contributed by atoms with Crippen molar-refractivity contribution in [2.45, 2.75) is 20.1 Å². The summed E-state index contributed by atoms with van der Waals surface area (Å²) in [5, 5.41) is 4.74. The molecular weight excluding hydrogens is 562 g/mol. The number of halogens is 1. The number of anilines is 1. The summed E-state index contributed by atoms with van der Waals surface area (Å²) < 4.78 is 37.7. The number of sulfonamides is 1. The molecule has 0 bridgehead atoms. The van der Waals surface area contributed by atoms with E-state index in [0.717, 1.165) is 11.1 Å². The number of benzene rings is 4. The minimum atomic E-state index is -3.49. The number of para-hydroxylation sites is 1. The number of carbonyl (C=O) groups is 1. The Bertz CT molecular complexity index is 1590. The summed E-state index contributed by atoms with van der Waals surface area (Å²) in [6.07, 6.45) is 2.68. The predicted molar refractivity (Wildman–Crippen MR) is 162 cm³/mol. The molecule has 0 atom stereocenters. The lowest BCUT2D eigenvalue weighted by atomic mass is 10.1. The van der Waals surface area contributed by atoms with Crippen LogP contribution in [0.1, 0.15) is 34.0 Å². The van der Waals surface area contributed by atoms with E-state index in [9.17, 15) is 13.2 Å². The topological polar surface area (TPSA) is 97.3 Å². The molecule has 0 saturated heterocycles. The number of rotatable bonds is 12. The Morgan fingerprint density at radius 3 is 2.24 bits per heavy atom. The molecule has 4 rings (SSSR count). The number of nitrogens with zero attached hydrogens (tertiary/aromatic N) is 2. The summed E-state index contributed by atoms with van der Waals surface area (Å²) >= 11 is 5.94. The van der Waals surface area contributed by atoms with Crippen molar-refractivity contribution in [3.63, 3.8) is 0 Å². The van der Waals surface area contributed by atoms with Gasteiger partial charge in [0.2, 0.25) is 10.0 Å². The molecule has 41 heavy (non-hydrogen) atoms. The van der Waals surface area contributed by atoms with E-state index in [1.54, 1.807) is 60.7 Å². The fourth-order valence-corrected chi connectivity index (χ4v) is 4.90. The smallest absolute Gasteiger partial charge is 0.271 e. The average Bonchev–Trinajstić information content (AvgIpc) is 2.96. The van der Waals surface area contributed by atoms with E-state index in [1.165, 1.54) is 16.8 Å². The van der Waals surface area contributed by atoms with E-state index in [4.69, 9.17) is 21.1 Å². The summed E-state index contributed by atoms with van der Waals surface area (Å²) in [5.74, 6) is 0.750. The van der Waals surface area contributed by atoms with Crippen molar-refractivity contribution >= 4 is 39.4 Å². The van der Waals surface area contributed by atoms with Crippen LogP contribution in [0.25, 0.3) is 0 Å². The molecular formula is C31H30ClN3O5S. The molecule has 212 valence electrons. The van der Waals surface area contributed by atoms with Crippen LogP contribution < -0.4 is 19.2 Å². The highest BCUT2D eigenvalue weighted by molar-refractivity contribution is 7.92. The minimum Gasteiger partial charge on any atom is -0.490 e. The van der Waals surface area contributed by atoms with E-state index in [1.807, 2.05) is 43.3 Å². The summed E-state index contributed by atoms with van der Waals surface area (Å²) in [7, 11) is -3.49. The molecule has 0 aliphatic rings. The number of amides is 1. The molecule has 4 aromatic rings. The quantitative estimate of drug-likeness (QED) is 0.160. The Hall–Kier alpha value is -4.34. The number of hydrogen-bond donors (Lipinski definition) is 1. The van der Waals surface area contributed by atoms with Crippen molar-refractivity contribution in [1.82, 2.24) is 5.43 Å². The van der Waals surface area contributed by atoms with Crippen LogP contribution in [0.3, 0.4) is 0 Å². The van der Waals surface area contributed by atoms with Crippen molar-refractivity contribution in [3.8, 4) is 11.5 Å². The molecule has 4 aromatic carbocycles. The molecule has 0 aromatic heterocycles. The van der Waals surface area contributed by atoms with Gasteiger partial charge in [0.1, 0.15) is 6.61 Å². The molecule has 0 radical (unpaired) electrons. The van der Waals surface area contributed by atoms with Gasteiger partial charge in [0.05, 0.1) is 31.3 Å². The first-order chi connectivity index (χ1) is 19.7. The highest BCUT2D eigenvalue weighted by Crippen LogP contribution is 2.29. The van der Waals surface area contributed by atoms with Gasteiger partial charge in [-0.15, -0.1) is 0 Å². The Morgan fingerprint density at radius 1 is 0.902 bits per heavy atom. The molecule has 0 heterocycles. The normalized spacial score (nSPS) is 11.3. The molecule has 1 N–H and O–H groups in total. The van der Waals surface area contributed by atoms with Gasteiger partial charge in [-0.1, -0.05) is 54.1 Å². The van der Waals surface area contributed by atoms with Gasteiger partial charge >= 0.3 is 0 Å². The SMILES string of the molecule is CCOc1cc(/C=N\NC(=O)c2ccc(CN(c3ccccc3)S(C)(=O)=O)cc2)ccc1OCc1ccc(Cl)cc1. The van der Waals surface area contributed by atoms with Gasteiger partial charge in [0, 0.05) is 10.6 Å². The van der Waals surface area contributed by atoms with Crippen LogP contribution >= 0.6 is 11.6 Å². The van der Waals surface area contributed by atoms with Crippen molar-refractivity contribution < 1.29 is 22.7 Å².